The molecule has 2 fully saturated rings. The van der Waals surface area contributed by atoms with Crippen LogP contribution < -0.4 is 10.6 Å². The van der Waals surface area contributed by atoms with Gasteiger partial charge in [0.1, 0.15) is 0 Å². The summed E-state index contributed by atoms with van der Waals surface area (Å²) in [5.74, 6) is 0. The normalized spacial score (nSPS) is 21.3. The fourth-order valence-corrected chi connectivity index (χ4v) is 3.61. The van der Waals surface area contributed by atoms with Crippen LogP contribution in [0, 0.1) is 0 Å². The van der Waals surface area contributed by atoms with E-state index in [1.165, 1.54) is 64.2 Å². The van der Waals surface area contributed by atoms with Crippen molar-refractivity contribution in [2.24, 2.45) is 0 Å². The zero-order valence-corrected chi connectivity index (χ0v) is 14.3. The molecule has 0 unspecified atom stereocenters. The van der Waals surface area contributed by atoms with Gasteiger partial charge in [-0.1, -0.05) is 38.5 Å². The van der Waals surface area contributed by atoms with Crippen molar-refractivity contribution in [3.63, 3.8) is 0 Å². The summed E-state index contributed by atoms with van der Waals surface area (Å²) in [5, 5.41) is 7.19. The zero-order chi connectivity index (χ0) is 15.3. The van der Waals surface area contributed by atoms with Gasteiger partial charge in [0.25, 0.3) is 0 Å². The van der Waals surface area contributed by atoms with E-state index in [1.54, 1.807) is 0 Å². The smallest absolute Gasteiger partial charge is 0.0701 e. The van der Waals surface area contributed by atoms with Crippen LogP contribution in [-0.4, -0.2) is 51.6 Å². The second-order valence-electron chi connectivity index (χ2n) is 6.80. The van der Waals surface area contributed by atoms with Crippen LogP contribution in [0.15, 0.2) is 0 Å². The van der Waals surface area contributed by atoms with Crippen LogP contribution in [0.5, 0.6) is 0 Å². The second kappa shape index (κ2) is 12.3. The summed E-state index contributed by atoms with van der Waals surface area (Å²) in [6.07, 6.45) is 13.8. The topological polar surface area (TPSA) is 42.5 Å². The van der Waals surface area contributed by atoms with Crippen molar-refractivity contribution in [3.8, 4) is 0 Å². The molecule has 0 bridgehead atoms. The van der Waals surface area contributed by atoms with E-state index < -0.39 is 0 Å². The predicted octanol–water partition coefficient (Wildman–Crippen LogP) is 2.86. The van der Waals surface area contributed by atoms with Crippen molar-refractivity contribution in [2.45, 2.75) is 76.3 Å². The molecule has 0 spiro atoms. The highest BCUT2D eigenvalue weighted by Crippen LogP contribution is 2.17. The van der Waals surface area contributed by atoms with Gasteiger partial charge in [0.2, 0.25) is 0 Å². The minimum absolute atomic E-state index is 0.718. The highest BCUT2D eigenvalue weighted by Gasteiger charge is 2.12. The maximum absolute atomic E-state index is 5.61. The molecule has 0 amide bonds. The van der Waals surface area contributed by atoms with Gasteiger partial charge in [-0.3, -0.25) is 0 Å². The lowest BCUT2D eigenvalue weighted by molar-refractivity contribution is 0.0480. The molecule has 0 aromatic carbocycles. The number of nitrogens with one attached hydrogen (secondary N) is 2. The molecule has 0 radical (unpaired) electrons. The van der Waals surface area contributed by atoms with Crippen molar-refractivity contribution in [3.05, 3.63) is 0 Å². The van der Waals surface area contributed by atoms with Crippen LogP contribution in [-0.2, 0) is 9.47 Å². The molecule has 0 saturated heterocycles. The highest BCUT2D eigenvalue weighted by molar-refractivity contribution is 4.72. The maximum Gasteiger partial charge on any atom is 0.0701 e. The summed E-state index contributed by atoms with van der Waals surface area (Å²) in [6, 6.07) is 1.47. The summed E-state index contributed by atoms with van der Waals surface area (Å²) in [6.45, 7) is 5.01. The Labute approximate surface area is 136 Å². The first-order valence-corrected chi connectivity index (χ1v) is 9.57. The van der Waals surface area contributed by atoms with Crippen molar-refractivity contribution >= 4 is 0 Å². The molecule has 2 rings (SSSR count). The third-order valence-corrected chi connectivity index (χ3v) is 4.94. The Bertz CT molecular complexity index is 225. The van der Waals surface area contributed by atoms with E-state index in [0.29, 0.717) is 0 Å². The van der Waals surface area contributed by atoms with Crippen LogP contribution in [0.1, 0.15) is 64.2 Å². The van der Waals surface area contributed by atoms with Gasteiger partial charge < -0.3 is 20.1 Å². The fraction of sp³-hybridized carbons (Fsp3) is 1.00. The quantitative estimate of drug-likeness (QED) is 0.576. The highest BCUT2D eigenvalue weighted by atomic mass is 16.5. The van der Waals surface area contributed by atoms with Crippen LogP contribution in [0.3, 0.4) is 0 Å². The average Bonchev–Trinajstić information content (AvgIpc) is 2.58. The molecule has 4 nitrogen and oxygen atoms in total. The molecule has 130 valence electrons. The molecule has 22 heavy (non-hydrogen) atoms. The summed E-state index contributed by atoms with van der Waals surface area (Å²) in [7, 11) is 0. The predicted molar refractivity (Wildman–Crippen MR) is 91.4 cm³/mol. The van der Waals surface area contributed by atoms with Crippen LogP contribution in [0.25, 0.3) is 0 Å². The molecule has 2 aliphatic carbocycles. The minimum Gasteiger partial charge on any atom is -0.378 e. The lowest BCUT2D eigenvalue weighted by Gasteiger charge is -2.23. The minimum atomic E-state index is 0.718. The molecular formula is C18H36N2O2. The van der Waals surface area contributed by atoms with E-state index in [-0.39, 0.29) is 0 Å². The maximum atomic E-state index is 5.61. The second-order valence-corrected chi connectivity index (χ2v) is 6.80. The lowest BCUT2D eigenvalue weighted by Crippen LogP contribution is -2.34. The third kappa shape index (κ3) is 8.47. The van der Waals surface area contributed by atoms with Gasteiger partial charge in [-0.2, -0.15) is 0 Å². The number of rotatable bonds is 11. The van der Waals surface area contributed by atoms with E-state index in [0.717, 1.165) is 51.6 Å². The van der Waals surface area contributed by atoms with Gasteiger partial charge in [0, 0.05) is 25.2 Å². The first kappa shape index (κ1) is 18.2. The molecule has 2 N–H and O–H groups in total. The van der Waals surface area contributed by atoms with Crippen molar-refractivity contribution in [1.29, 1.82) is 0 Å². The number of hydrogen-bond acceptors (Lipinski definition) is 4. The van der Waals surface area contributed by atoms with E-state index in [9.17, 15) is 0 Å². The first-order valence-electron chi connectivity index (χ1n) is 9.57. The van der Waals surface area contributed by atoms with E-state index in [2.05, 4.69) is 10.6 Å². The Morgan fingerprint density at radius 1 is 0.545 bits per heavy atom. The summed E-state index contributed by atoms with van der Waals surface area (Å²) in [4.78, 5) is 0. The standard InChI is InChI=1S/C18H36N2O2/c1-3-7-17(8-4-1)19-11-13-21-15-16-22-14-12-20-18-9-5-2-6-10-18/h17-20H,1-16H2. The molecule has 0 atom stereocenters. The molecule has 2 saturated carbocycles. The molecule has 0 aliphatic heterocycles. The molecule has 4 heteroatoms. The van der Waals surface area contributed by atoms with Crippen LogP contribution >= 0.6 is 0 Å². The van der Waals surface area contributed by atoms with Gasteiger partial charge in [0.05, 0.1) is 26.4 Å². The van der Waals surface area contributed by atoms with Gasteiger partial charge in [-0.05, 0) is 25.7 Å². The molecule has 0 heterocycles. The Hall–Kier alpha value is -0.160. The molecular weight excluding hydrogens is 276 g/mol. The monoisotopic (exact) mass is 312 g/mol. The molecule has 2 aliphatic rings. The third-order valence-electron chi connectivity index (χ3n) is 4.94. The van der Waals surface area contributed by atoms with Gasteiger partial charge in [0.15, 0.2) is 0 Å². The van der Waals surface area contributed by atoms with Crippen molar-refractivity contribution in [2.75, 3.05) is 39.5 Å². The average molecular weight is 312 g/mol. The van der Waals surface area contributed by atoms with E-state index in [1.807, 2.05) is 0 Å². The van der Waals surface area contributed by atoms with Gasteiger partial charge >= 0.3 is 0 Å². The van der Waals surface area contributed by atoms with Crippen molar-refractivity contribution < 1.29 is 9.47 Å². The van der Waals surface area contributed by atoms with Crippen LogP contribution in [0.4, 0.5) is 0 Å². The Balaban J connectivity index is 1.28. The SMILES string of the molecule is C1CCC(NCCOCCOCCNC2CCCCC2)CC1. The molecule has 0 aromatic heterocycles. The van der Waals surface area contributed by atoms with Crippen LogP contribution in [0.2, 0.25) is 0 Å². The Morgan fingerprint density at radius 2 is 0.955 bits per heavy atom. The van der Waals surface area contributed by atoms with Crippen molar-refractivity contribution in [1.82, 2.24) is 10.6 Å². The van der Waals surface area contributed by atoms with E-state index >= 15 is 0 Å². The number of hydrogen-bond donors (Lipinski definition) is 2. The zero-order valence-electron chi connectivity index (χ0n) is 14.3. The lowest BCUT2D eigenvalue weighted by atomic mass is 9.96. The van der Waals surface area contributed by atoms with E-state index in [4.69, 9.17) is 9.47 Å². The first-order chi connectivity index (χ1) is 10.9. The molecule has 0 aromatic rings. The van der Waals surface area contributed by atoms with Gasteiger partial charge in [-0.25, -0.2) is 0 Å². The Morgan fingerprint density at radius 3 is 1.36 bits per heavy atom. The Kier molecular flexibility index (Phi) is 10.2. The summed E-state index contributed by atoms with van der Waals surface area (Å²) < 4.78 is 11.2. The largest absolute Gasteiger partial charge is 0.378 e. The number of ether oxygens (including phenoxy) is 2. The summed E-state index contributed by atoms with van der Waals surface area (Å²) in [5.41, 5.74) is 0. The fourth-order valence-electron chi connectivity index (χ4n) is 3.61. The summed E-state index contributed by atoms with van der Waals surface area (Å²) >= 11 is 0. The van der Waals surface area contributed by atoms with Gasteiger partial charge in [-0.15, -0.1) is 0 Å².